The van der Waals surface area contributed by atoms with Crippen LogP contribution in [0.4, 0.5) is 5.88 Å². The predicted molar refractivity (Wildman–Crippen MR) is 160 cm³/mol. The maximum atomic E-state index is 14.1. The van der Waals surface area contributed by atoms with Crippen LogP contribution in [0.15, 0.2) is 86.5 Å². The van der Waals surface area contributed by atoms with Gasteiger partial charge in [-0.2, -0.15) is 0 Å². The number of carbonyl (C=O) groups excluding carboxylic acids is 1. The number of esters is 1. The third kappa shape index (κ3) is 5.43. The summed E-state index contributed by atoms with van der Waals surface area (Å²) in [6.07, 6.45) is 1.74. The lowest BCUT2D eigenvalue weighted by molar-refractivity contribution is -0.138. The van der Waals surface area contributed by atoms with E-state index in [1.54, 1.807) is 17.6 Å². The topological polar surface area (TPSA) is 95.5 Å². The smallest absolute Gasteiger partial charge is 0.338 e. The van der Waals surface area contributed by atoms with Gasteiger partial charge in [-0.3, -0.25) is 9.36 Å². The molecule has 0 aliphatic carbocycles. The van der Waals surface area contributed by atoms with Crippen molar-refractivity contribution in [3.05, 3.63) is 109 Å². The van der Waals surface area contributed by atoms with Gasteiger partial charge in [0.05, 0.1) is 48.3 Å². The Morgan fingerprint density at radius 1 is 1.02 bits per heavy atom. The first-order chi connectivity index (χ1) is 20.6. The number of furan rings is 1. The van der Waals surface area contributed by atoms with E-state index in [-0.39, 0.29) is 12.2 Å². The van der Waals surface area contributed by atoms with Gasteiger partial charge in [-0.05, 0) is 37.6 Å². The minimum atomic E-state index is -0.756. The lowest BCUT2D eigenvalue weighted by Gasteiger charge is -2.26. The zero-order valence-electron chi connectivity index (χ0n) is 23.4. The number of hydrogen-bond acceptors (Lipinski definition) is 9. The summed E-state index contributed by atoms with van der Waals surface area (Å²) in [5.74, 6) is 1.48. The molecule has 2 aliphatic heterocycles. The number of nitrogens with zero attached hydrogens (tertiary/aromatic N) is 3. The fraction of sp³-hybridized carbons (Fsp3) is 0.281. The molecule has 1 saturated heterocycles. The van der Waals surface area contributed by atoms with Crippen molar-refractivity contribution in [1.29, 1.82) is 0 Å². The molecule has 0 unspecified atom stereocenters. The quantitative estimate of drug-likeness (QED) is 0.291. The van der Waals surface area contributed by atoms with E-state index in [1.165, 1.54) is 11.3 Å². The van der Waals surface area contributed by atoms with Crippen LogP contribution in [-0.4, -0.2) is 50.1 Å². The second kappa shape index (κ2) is 12.2. The van der Waals surface area contributed by atoms with E-state index < -0.39 is 12.0 Å². The fourth-order valence-electron chi connectivity index (χ4n) is 5.17. The highest BCUT2D eigenvalue weighted by atomic mass is 32.1. The number of thiazole rings is 1. The van der Waals surface area contributed by atoms with Crippen LogP contribution in [0.3, 0.4) is 0 Å². The molecule has 1 atom stereocenters. The van der Waals surface area contributed by atoms with E-state index in [2.05, 4.69) is 4.90 Å². The molecule has 0 saturated carbocycles. The van der Waals surface area contributed by atoms with Crippen molar-refractivity contribution in [2.45, 2.75) is 19.9 Å². The van der Waals surface area contributed by atoms with Gasteiger partial charge in [-0.15, -0.1) is 0 Å². The van der Waals surface area contributed by atoms with Gasteiger partial charge in [0.1, 0.15) is 11.5 Å². The zero-order valence-corrected chi connectivity index (χ0v) is 24.3. The molecule has 0 bridgehead atoms. The molecule has 4 heterocycles. The van der Waals surface area contributed by atoms with E-state index in [9.17, 15) is 9.59 Å². The standard InChI is InChI=1S/C32H31N3O6S/c1-3-39-23-12-10-22(11-13-23)29-27(31(37)40-4-2)28(21-8-6-5-7-9-21)33-32-35(29)30(36)25(42-32)20-24-14-15-26(41-24)34-16-18-38-19-17-34/h5-15,20,29H,3-4,16-19H2,1-2H3/t29-/m1/s1. The van der Waals surface area contributed by atoms with Crippen LogP contribution < -0.4 is 24.5 Å². The number of aromatic nitrogens is 1. The Balaban J connectivity index is 1.53. The summed E-state index contributed by atoms with van der Waals surface area (Å²) >= 11 is 1.26. The monoisotopic (exact) mass is 585 g/mol. The van der Waals surface area contributed by atoms with Gasteiger partial charge < -0.3 is 23.5 Å². The number of rotatable bonds is 8. The van der Waals surface area contributed by atoms with Gasteiger partial charge in [0.15, 0.2) is 10.7 Å². The van der Waals surface area contributed by atoms with Crippen molar-refractivity contribution in [3.8, 4) is 5.75 Å². The maximum Gasteiger partial charge on any atom is 0.338 e. The Labute approximate surface area is 246 Å². The molecule has 2 aromatic heterocycles. The van der Waals surface area contributed by atoms with E-state index in [0.717, 1.165) is 30.1 Å². The largest absolute Gasteiger partial charge is 0.494 e. The molecular weight excluding hydrogens is 554 g/mol. The van der Waals surface area contributed by atoms with E-state index in [0.29, 0.717) is 51.9 Å². The molecule has 0 amide bonds. The number of hydrogen-bond donors (Lipinski definition) is 0. The molecule has 10 heteroatoms. The second-order valence-corrected chi connectivity index (χ2v) is 10.7. The Morgan fingerprint density at radius 3 is 2.50 bits per heavy atom. The zero-order chi connectivity index (χ0) is 29.1. The second-order valence-electron chi connectivity index (χ2n) is 9.71. The highest BCUT2D eigenvalue weighted by Crippen LogP contribution is 2.35. The summed E-state index contributed by atoms with van der Waals surface area (Å²) in [7, 11) is 0. The van der Waals surface area contributed by atoms with Crippen LogP contribution in [-0.2, 0) is 14.3 Å². The van der Waals surface area contributed by atoms with E-state index in [1.807, 2.05) is 73.7 Å². The van der Waals surface area contributed by atoms with Crippen LogP contribution in [0.5, 0.6) is 5.75 Å². The minimum Gasteiger partial charge on any atom is -0.494 e. The summed E-state index contributed by atoms with van der Waals surface area (Å²) in [6.45, 7) is 7.18. The van der Waals surface area contributed by atoms with Gasteiger partial charge in [0.2, 0.25) is 0 Å². The molecular formula is C32H31N3O6S. The summed E-state index contributed by atoms with van der Waals surface area (Å²) in [5, 5.41) is 0. The van der Waals surface area contributed by atoms with Crippen LogP contribution in [0, 0.1) is 0 Å². The summed E-state index contributed by atoms with van der Waals surface area (Å²) in [6, 6.07) is 19.9. The molecule has 0 spiro atoms. The van der Waals surface area contributed by atoms with Crippen molar-refractivity contribution >= 4 is 35.0 Å². The molecule has 216 valence electrons. The molecule has 2 aromatic carbocycles. The molecule has 0 radical (unpaired) electrons. The van der Waals surface area contributed by atoms with Crippen molar-refractivity contribution in [2.24, 2.45) is 4.99 Å². The number of anilines is 1. The van der Waals surface area contributed by atoms with Gasteiger partial charge in [-0.25, -0.2) is 9.79 Å². The Hall–Kier alpha value is -4.41. The average Bonchev–Trinajstić information content (AvgIpc) is 3.62. The van der Waals surface area contributed by atoms with Crippen LogP contribution >= 0.6 is 11.3 Å². The number of benzene rings is 2. The fourth-order valence-corrected chi connectivity index (χ4v) is 6.15. The van der Waals surface area contributed by atoms with Crippen LogP contribution in [0.2, 0.25) is 0 Å². The number of ether oxygens (including phenoxy) is 3. The summed E-state index contributed by atoms with van der Waals surface area (Å²) < 4.78 is 24.7. The van der Waals surface area contributed by atoms with Gasteiger partial charge in [0.25, 0.3) is 5.56 Å². The summed E-state index contributed by atoms with van der Waals surface area (Å²) in [5.41, 5.74) is 2.02. The highest BCUT2D eigenvalue weighted by Gasteiger charge is 2.35. The third-order valence-electron chi connectivity index (χ3n) is 7.09. The van der Waals surface area contributed by atoms with Crippen LogP contribution in [0.1, 0.15) is 36.8 Å². The maximum absolute atomic E-state index is 14.1. The SMILES string of the molecule is CCOC(=O)C1=C(c2ccccc2)N=c2sc(=Cc3ccc(N4CCOCC4)o3)c(=O)n2[C@@H]1c1ccc(OCC)cc1. The van der Waals surface area contributed by atoms with Gasteiger partial charge >= 0.3 is 5.97 Å². The minimum absolute atomic E-state index is 0.189. The van der Waals surface area contributed by atoms with E-state index >= 15 is 0 Å². The number of fused-ring (bicyclic) bond motifs is 1. The Morgan fingerprint density at radius 2 is 1.79 bits per heavy atom. The molecule has 4 aromatic rings. The lowest BCUT2D eigenvalue weighted by Crippen LogP contribution is -2.40. The first-order valence-electron chi connectivity index (χ1n) is 14.0. The van der Waals surface area contributed by atoms with Crippen molar-refractivity contribution in [3.63, 3.8) is 0 Å². The molecule has 1 fully saturated rings. The third-order valence-corrected chi connectivity index (χ3v) is 8.07. The van der Waals surface area contributed by atoms with Crippen molar-refractivity contribution in [1.82, 2.24) is 4.57 Å². The number of morpholine rings is 1. The summed E-state index contributed by atoms with van der Waals surface area (Å²) in [4.78, 5) is 35.1. The van der Waals surface area contributed by atoms with Gasteiger partial charge in [-0.1, -0.05) is 53.8 Å². The molecule has 9 nitrogen and oxygen atoms in total. The van der Waals surface area contributed by atoms with Gasteiger partial charge in [0, 0.05) is 30.8 Å². The highest BCUT2D eigenvalue weighted by molar-refractivity contribution is 7.07. The normalized spacial score (nSPS) is 17.1. The molecule has 2 aliphatic rings. The predicted octanol–water partition coefficient (Wildman–Crippen LogP) is 3.76. The van der Waals surface area contributed by atoms with E-state index in [4.69, 9.17) is 23.6 Å². The van der Waals surface area contributed by atoms with Crippen molar-refractivity contribution < 1.29 is 23.4 Å². The first kappa shape index (κ1) is 27.7. The average molecular weight is 586 g/mol. The first-order valence-corrected chi connectivity index (χ1v) is 14.8. The Bertz CT molecular complexity index is 1780. The van der Waals surface area contributed by atoms with Crippen LogP contribution in [0.25, 0.3) is 11.8 Å². The van der Waals surface area contributed by atoms with Crippen molar-refractivity contribution in [2.75, 3.05) is 44.4 Å². The molecule has 42 heavy (non-hydrogen) atoms. The molecule has 0 N–H and O–H groups in total. The Kier molecular flexibility index (Phi) is 8.07. The molecule has 6 rings (SSSR count). The number of carbonyl (C=O) groups is 1. The lowest BCUT2D eigenvalue weighted by atomic mass is 9.93.